The Morgan fingerprint density at radius 2 is 1.79 bits per heavy atom. The van der Waals surface area contributed by atoms with Crippen LogP contribution in [0, 0.1) is 12.8 Å². The maximum absolute atomic E-state index is 13.2. The molecule has 0 spiro atoms. The monoisotopic (exact) mass is 493 g/mol. The number of piperidine rings is 2. The second-order valence-electron chi connectivity index (χ2n) is 9.04. The van der Waals surface area contributed by atoms with Crippen LogP contribution in [-0.4, -0.2) is 86.7 Å². The van der Waals surface area contributed by atoms with Crippen LogP contribution in [0.1, 0.15) is 54.9 Å². The summed E-state index contributed by atoms with van der Waals surface area (Å²) in [5.41, 5.74) is 0.804. The van der Waals surface area contributed by atoms with Gasteiger partial charge in [-0.05, 0) is 57.2 Å². The van der Waals surface area contributed by atoms with Crippen molar-refractivity contribution in [2.24, 2.45) is 5.92 Å². The second kappa shape index (κ2) is 11.3. The fourth-order valence-corrected chi connectivity index (χ4v) is 6.27. The van der Waals surface area contributed by atoms with E-state index in [-0.39, 0.29) is 41.3 Å². The lowest BCUT2D eigenvalue weighted by molar-refractivity contribution is -0.151. The summed E-state index contributed by atoms with van der Waals surface area (Å²) in [4.78, 5) is 41.0. The Labute approximate surface area is 202 Å². The van der Waals surface area contributed by atoms with Crippen molar-refractivity contribution in [3.63, 3.8) is 0 Å². The molecule has 2 heterocycles. The molecule has 2 aliphatic rings. The van der Waals surface area contributed by atoms with Crippen LogP contribution in [0.15, 0.2) is 23.1 Å². The summed E-state index contributed by atoms with van der Waals surface area (Å²) < 4.78 is 32.9. The molecule has 0 N–H and O–H groups in total. The van der Waals surface area contributed by atoms with Gasteiger partial charge in [-0.2, -0.15) is 4.31 Å². The highest BCUT2D eigenvalue weighted by molar-refractivity contribution is 7.89. The predicted octanol–water partition coefficient (Wildman–Crippen LogP) is 2.04. The van der Waals surface area contributed by atoms with E-state index in [9.17, 15) is 22.8 Å². The average molecular weight is 494 g/mol. The number of likely N-dealkylation sites (N-methyl/N-ethyl adjacent to an activating group) is 1. The van der Waals surface area contributed by atoms with E-state index in [4.69, 9.17) is 4.74 Å². The third kappa shape index (κ3) is 5.96. The topological polar surface area (TPSA) is 104 Å². The van der Waals surface area contributed by atoms with Crippen molar-refractivity contribution in [1.29, 1.82) is 0 Å². The van der Waals surface area contributed by atoms with Gasteiger partial charge in [0.1, 0.15) is 0 Å². The third-order valence-electron chi connectivity index (χ3n) is 6.48. The number of aryl methyl sites for hydroxylation is 1. The first-order chi connectivity index (χ1) is 16.1. The van der Waals surface area contributed by atoms with Crippen molar-refractivity contribution in [1.82, 2.24) is 14.1 Å². The molecule has 2 aliphatic heterocycles. The van der Waals surface area contributed by atoms with Gasteiger partial charge in [0.25, 0.3) is 5.91 Å². The molecule has 9 nitrogen and oxygen atoms in total. The molecule has 1 atom stereocenters. The average Bonchev–Trinajstić information content (AvgIpc) is 2.84. The SMILES string of the molecule is CCOC(=O)C1CCCN(C(=O)CN(C)C(=O)c2ccc(C)c(S(=O)(=O)N3CCCCC3)c2)C1. The Hall–Kier alpha value is -2.46. The largest absolute Gasteiger partial charge is 0.466 e. The molecule has 1 unspecified atom stereocenters. The molecule has 3 rings (SSSR count). The van der Waals surface area contributed by atoms with E-state index < -0.39 is 15.9 Å². The second-order valence-corrected chi connectivity index (χ2v) is 10.9. The maximum Gasteiger partial charge on any atom is 0.310 e. The van der Waals surface area contributed by atoms with Gasteiger partial charge in [-0.25, -0.2) is 8.42 Å². The summed E-state index contributed by atoms with van der Waals surface area (Å²) in [5.74, 6) is -1.33. The van der Waals surface area contributed by atoms with Crippen LogP contribution in [0.4, 0.5) is 0 Å². The summed E-state index contributed by atoms with van der Waals surface area (Å²) in [5, 5.41) is 0. The number of hydrogen-bond donors (Lipinski definition) is 0. The van der Waals surface area contributed by atoms with Crippen LogP contribution < -0.4 is 0 Å². The molecule has 10 heteroatoms. The fourth-order valence-electron chi connectivity index (χ4n) is 4.51. The van der Waals surface area contributed by atoms with Crippen LogP contribution in [0.25, 0.3) is 0 Å². The predicted molar refractivity (Wildman–Crippen MR) is 127 cm³/mol. The highest BCUT2D eigenvalue weighted by Gasteiger charge is 2.31. The highest BCUT2D eigenvalue weighted by Crippen LogP contribution is 2.25. The van der Waals surface area contributed by atoms with Crippen molar-refractivity contribution in [3.05, 3.63) is 29.3 Å². The number of rotatable bonds is 7. The van der Waals surface area contributed by atoms with Crippen molar-refractivity contribution < 1.29 is 27.5 Å². The number of sulfonamides is 1. The first kappa shape index (κ1) is 26.2. The van der Waals surface area contributed by atoms with Crippen molar-refractivity contribution in [3.8, 4) is 0 Å². The Kier molecular flexibility index (Phi) is 8.70. The van der Waals surface area contributed by atoms with Crippen LogP contribution in [0.3, 0.4) is 0 Å². The molecule has 34 heavy (non-hydrogen) atoms. The molecule has 188 valence electrons. The third-order valence-corrected chi connectivity index (χ3v) is 8.52. The molecule has 0 aliphatic carbocycles. The van der Waals surface area contributed by atoms with E-state index in [1.54, 1.807) is 30.9 Å². The molecular weight excluding hydrogens is 458 g/mol. The van der Waals surface area contributed by atoms with Crippen LogP contribution >= 0.6 is 0 Å². The van der Waals surface area contributed by atoms with Gasteiger partial charge in [-0.3, -0.25) is 14.4 Å². The first-order valence-corrected chi connectivity index (χ1v) is 13.4. The quantitative estimate of drug-likeness (QED) is 0.539. The molecular formula is C24H35N3O6S. The standard InChI is InChI=1S/C24H35N3O6S/c1-4-33-24(30)20-9-8-12-26(16-20)22(28)17-25(3)23(29)19-11-10-18(2)21(15-19)34(31,32)27-13-6-5-7-14-27/h10-11,15,20H,4-9,12-14,16-17H2,1-3H3. The number of benzene rings is 1. The van der Waals surface area contributed by atoms with Gasteiger partial charge in [-0.1, -0.05) is 12.5 Å². The summed E-state index contributed by atoms with van der Waals surface area (Å²) >= 11 is 0. The minimum atomic E-state index is -3.69. The Morgan fingerprint density at radius 3 is 2.47 bits per heavy atom. The van der Waals surface area contributed by atoms with E-state index >= 15 is 0 Å². The number of likely N-dealkylation sites (tertiary alicyclic amines) is 1. The minimum absolute atomic E-state index is 0.133. The van der Waals surface area contributed by atoms with Crippen molar-refractivity contribution in [2.45, 2.75) is 50.8 Å². The zero-order valence-corrected chi connectivity index (χ0v) is 21.1. The number of hydrogen-bond acceptors (Lipinski definition) is 6. The van der Waals surface area contributed by atoms with Crippen LogP contribution in [0.2, 0.25) is 0 Å². The van der Waals surface area contributed by atoms with Gasteiger partial charge in [0, 0.05) is 38.8 Å². The van der Waals surface area contributed by atoms with Gasteiger partial charge in [0.15, 0.2) is 0 Å². The molecule has 2 fully saturated rings. The molecule has 0 saturated carbocycles. The van der Waals surface area contributed by atoms with E-state index in [1.807, 2.05) is 0 Å². The molecule has 0 radical (unpaired) electrons. The number of carbonyl (C=O) groups excluding carboxylic acids is 3. The molecule has 2 amide bonds. The van der Waals surface area contributed by atoms with Gasteiger partial charge >= 0.3 is 5.97 Å². The maximum atomic E-state index is 13.2. The summed E-state index contributed by atoms with van der Waals surface area (Å²) in [6.07, 6.45) is 4.04. The van der Waals surface area contributed by atoms with E-state index in [2.05, 4.69) is 0 Å². The van der Waals surface area contributed by atoms with Gasteiger partial charge in [0.05, 0.1) is 24.0 Å². The van der Waals surface area contributed by atoms with Gasteiger partial charge < -0.3 is 14.5 Å². The Bertz CT molecular complexity index is 1020. The lowest BCUT2D eigenvalue weighted by Gasteiger charge is -2.32. The van der Waals surface area contributed by atoms with Crippen molar-refractivity contribution in [2.75, 3.05) is 46.4 Å². The number of nitrogens with zero attached hydrogens (tertiary/aromatic N) is 3. The van der Waals surface area contributed by atoms with Gasteiger partial charge in [0.2, 0.25) is 15.9 Å². The number of carbonyl (C=O) groups is 3. The number of amides is 2. The zero-order chi connectivity index (χ0) is 24.9. The van der Waals surface area contributed by atoms with Crippen LogP contribution in [0.5, 0.6) is 0 Å². The molecule has 0 aromatic heterocycles. The Morgan fingerprint density at radius 1 is 1.09 bits per heavy atom. The Balaban J connectivity index is 1.69. The first-order valence-electron chi connectivity index (χ1n) is 12.0. The lowest BCUT2D eigenvalue weighted by atomic mass is 9.98. The number of ether oxygens (including phenoxy) is 1. The summed E-state index contributed by atoms with van der Waals surface area (Å²) in [7, 11) is -2.17. The minimum Gasteiger partial charge on any atom is -0.466 e. The highest BCUT2D eigenvalue weighted by atomic mass is 32.2. The molecule has 1 aromatic rings. The van der Waals surface area contributed by atoms with Gasteiger partial charge in [-0.15, -0.1) is 0 Å². The molecule has 2 saturated heterocycles. The van der Waals surface area contributed by atoms with E-state index in [0.717, 1.165) is 19.3 Å². The molecule has 1 aromatic carbocycles. The van der Waals surface area contributed by atoms with Crippen molar-refractivity contribution >= 4 is 27.8 Å². The fraction of sp³-hybridized carbons (Fsp3) is 0.625. The van der Waals surface area contributed by atoms with Crippen LogP contribution in [-0.2, 0) is 24.3 Å². The lowest BCUT2D eigenvalue weighted by Crippen LogP contribution is -2.47. The normalized spacial score (nSPS) is 19.5. The van der Waals surface area contributed by atoms with E-state index in [1.165, 1.54) is 22.3 Å². The number of esters is 1. The summed E-state index contributed by atoms with van der Waals surface area (Å²) in [6.45, 7) is 5.38. The zero-order valence-electron chi connectivity index (χ0n) is 20.3. The summed E-state index contributed by atoms with van der Waals surface area (Å²) in [6, 6.07) is 4.64. The smallest absolute Gasteiger partial charge is 0.310 e. The molecule has 0 bridgehead atoms. The van der Waals surface area contributed by atoms with E-state index in [0.29, 0.717) is 44.6 Å².